The number of hydrogen-bond acceptors (Lipinski definition) is 2. The number of halogens is 1. The van der Waals surface area contributed by atoms with Crippen molar-refractivity contribution in [2.75, 3.05) is 0 Å². The monoisotopic (exact) mass is 202 g/mol. The van der Waals surface area contributed by atoms with Crippen LogP contribution in [0.4, 0.5) is 5.69 Å². The minimum absolute atomic E-state index is 0.000370. The van der Waals surface area contributed by atoms with E-state index in [2.05, 4.69) is 0 Å². The van der Waals surface area contributed by atoms with Crippen LogP contribution in [-0.4, -0.2) is 10.0 Å². The van der Waals surface area contributed by atoms with E-state index in [1.807, 2.05) is 0 Å². The van der Waals surface area contributed by atoms with E-state index < -0.39 is 4.92 Å². The highest BCUT2D eigenvalue weighted by molar-refractivity contribution is 6.17. The molecule has 4 nitrogen and oxygen atoms in total. The van der Waals surface area contributed by atoms with Crippen LogP contribution in [0.15, 0.2) is 18.2 Å². The fourth-order valence-corrected chi connectivity index (χ4v) is 1.18. The lowest BCUT2D eigenvalue weighted by molar-refractivity contribution is -0.385. The number of nitrogens with zero attached hydrogens (tertiary/aromatic N) is 1. The van der Waals surface area contributed by atoms with Crippen molar-refractivity contribution in [2.45, 2.75) is 12.5 Å². The Morgan fingerprint density at radius 3 is 2.46 bits per heavy atom. The molecule has 1 aromatic carbocycles. The molecule has 0 saturated heterocycles. The third-order valence-corrected chi connectivity index (χ3v) is 1.92. The maximum atomic E-state index is 10.4. The molecule has 1 aromatic rings. The summed E-state index contributed by atoms with van der Waals surface area (Å²) in [6.45, 7) is 0.0333. The van der Waals surface area contributed by atoms with Crippen LogP contribution in [0, 0.1) is 10.1 Å². The van der Waals surface area contributed by atoms with Gasteiger partial charge in [0.25, 0.3) is 5.69 Å². The number of benzene rings is 1. The second kappa shape index (κ2) is 4.20. The Bertz CT molecular complexity index is 305. The molecule has 0 radical (unpaired) electrons. The molecular formula is C8H9ClNO3+. The van der Waals surface area contributed by atoms with Crippen LogP contribution >= 0.6 is 11.6 Å². The molecule has 0 saturated carbocycles. The molecule has 1 rings (SSSR count). The summed E-state index contributed by atoms with van der Waals surface area (Å²) in [6, 6.07) is 4.52. The van der Waals surface area contributed by atoms with Crippen LogP contribution in [0.3, 0.4) is 0 Å². The van der Waals surface area contributed by atoms with Crippen molar-refractivity contribution >= 4 is 17.3 Å². The van der Waals surface area contributed by atoms with Crippen molar-refractivity contribution < 1.29 is 10.0 Å². The van der Waals surface area contributed by atoms with Gasteiger partial charge < -0.3 is 5.11 Å². The molecule has 0 spiro atoms. The first-order valence-electron chi connectivity index (χ1n) is 3.65. The average Bonchev–Trinajstić information content (AvgIpc) is 2.16. The van der Waals surface area contributed by atoms with Crippen molar-refractivity contribution in [2.24, 2.45) is 0 Å². The number of rotatable bonds is 3. The van der Waals surface area contributed by atoms with Gasteiger partial charge in [-0.2, -0.15) is 0 Å². The largest absolute Gasteiger partial charge is 0.442 e. The van der Waals surface area contributed by atoms with Gasteiger partial charge in [0.1, 0.15) is 0 Å². The smallest absolute Gasteiger partial charge is 0.270 e. The first-order chi connectivity index (χ1) is 6.17. The predicted molar refractivity (Wildman–Crippen MR) is 50.0 cm³/mol. The first kappa shape index (κ1) is 9.95. The van der Waals surface area contributed by atoms with Gasteiger partial charge in [-0.1, -0.05) is 0 Å². The summed E-state index contributed by atoms with van der Waals surface area (Å²) in [7, 11) is 0. The van der Waals surface area contributed by atoms with Crippen LogP contribution in [0.25, 0.3) is 0 Å². The Morgan fingerprint density at radius 2 is 2.00 bits per heavy atom. The van der Waals surface area contributed by atoms with Gasteiger partial charge in [0.15, 0.2) is 6.61 Å². The minimum atomic E-state index is -0.477. The van der Waals surface area contributed by atoms with Crippen molar-refractivity contribution in [1.29, 1.82) is 0 Å². The van der Waals surface area contributed by atoms with Gasteiger partial charge in [-0.3, -0.25) is 10.1 Å². The number of non-ortho nitro benzene ring substituents is 1. The van der Waals surface area contributed by atoms with Crippen molar-refractivity contribution in [3.63, 3.8) is 0 Å². The zero-order chi connectivity index (χ0) is 9.84. The van der Waals surface area contributed by atoms with Gasteiger partial charge in [-0.15, -0.1) is 11.6 Å². The molecule has 0 aliphatic carbocycles. The number of hydrogen-bond donors (Lipinski definition) is 0. The Hall–Kier alpha value is -1.13. The van der Waals surface area contributed by atoms with Crippen LogP contribution in [0.5, 0.6) is 0 Å². The molecule has 0 bridgehead atoms. The maximum Gasteiger partial charge on any atom is 0.270 e. The van der Waals surface area contributed by atoms with E-state index in [1.165, 1.54) is 12.1 Å². The van der Waals surface area contributed by atoms with Gasteiger partial charge in [-0.05, 0) is 11.6 Å². The second-order valence-electron chi connectivity index (χ2n) is 2.58. The molecule has 0 aromatic heterocycles. The van der Waals surface area contributed by atoms with Gasteiger partial charge in [0.05, 0.1) is 4.92 Å². The van der Waals surface area contributed by atoms with E-state index in [4.69, 9.17) is 16.7 Å². The van der Waals surface area contributed by atoms with E-state index in [-0.39, 0.29) is 18.2 Å². The van der Waals surface area contributed by atoms with E-state index in [9.17, 15) is 10.1 Å². The number of nitro benzene ring substituents is 1. The predicted octanol–water partition coefficient (Wildman–Crippen LogP) is 1.56. The molecule has 70 valence electrons. The third-order valence-electron chi connectivity index (χ3n) is 1.61. The summed E-state index contributed by atoms with van der Waals surface area (Å²) in [5.41, 5.74) is 1.29. The van der Waals surface area contributed by atoms with Crippen molar-refractivity contribution in [3.8, 4) is 0 Å². The van der Waals surface area contributed by atoms with Gasteiger partial charge >= 0.3 is 0 Å². The Labute approximate surface area is 79.9 Å². The van der Waals surface area contributed by atoms with E-state index in [1.54, 1.807) is 6.07 Å². The molecule has 0 aliphatic heterocycles. The maximum absolute atomic E-state index is 10.4. The fraction of sp³-hybridized carbons (Fsp3) is 0.250. The Kier molecular flexibility index (Phi) is 3.22. The summed E-state index contributed by atoms with van der Waals surface area (Å²) in [5.74, 6) is 0.231. The summed E-state index contributed by atoms with van der Waals surface area (Å²) in [6.07, 6.45) is 0. The molecule has 0 unspecified atom stereocenters. The number of nitro groups is 1. The molecule has 5 heteroatoms. The highest BCUT2D eigenvalue weighted by Crippen LogP contribution is 2.18. The van der Waals surface area contributed by atoms with Crippen LogP contribution in [0.1, 0.15) is 11.1 Å². The summed E-state index contributed by atoms with van der Waals surface area (Å²) >= 11 is 5.55. The van der Waals surface area contributed by atoms with Gasteiger partial charge in [-0.25, -0.2) is 0 Å². The average molecular weight is 203 g/mol. The summed E-state index contributed by atoms with van der Waals surface area (Å²) in [4.78, 5) is 9.96. The Morgan fingerprint density at radius 1 is 1.38 bits per heavy atom. The molecule has 0 fully saturated rings. The molecular weight excluding hydrogens is 194 g/mol. The zero-order valence-corrected chi connectivity index (χ0v) is 7.54. The standard InChI is InChI=1S/C8H8ClNO3/c9-4-6-1-7(5-11)3-8(2-6)10(12)13/h1-3,11H,4-5H2/p+1. The SMILES string of the molecule is O=[N+]([O-])c1cc(C[OH2+])cc(CCl)c1. The van der Waals surface area contributed by atoms with Crippen LogP contribution in [0.2, 0.25) is 0 Å². The summed E-state index contributed by atoms with van der Waals surface area (Å²) in [5, 5.41) is 17.5. The first-order valence-corrected chi connectivity index (χ1v) is 4.18. The molecule has 2 N–H and O–H groups in total. The third kappa shape index (κ3) is 2.40. The van der Waals surface area contributed by atoms with E-state index >= 15 is 0 Å². The normalized spacial score (nSPS) is 10.0. The molecule has 0 atom stereocenters. The molecule has 0 heterocycles. The van der Waals surface area contributed by atoms with Gasteiger partial charge in [0, 0.05) is 23.6 Å². The summed E-state index contributed by atoms with van der Waals surface area (Å²) < 4.78 is 0. The van der Waals surface area contributed by atoms with E-state index in [0.717, 1.165) is 0 Å². The number of alkyl halides is 1. The lowest BCUT2D eigenvalue weighted by atomic mass is 10.1. The second-order valence-corrected chi connectivity index (χ2v) is 2.84. The highest BCUT2D eigenvalue weighted by Gasteiger charge is 2.09. The quantitative estimate of drug-likeness (QED) is 0.323. The molecule has 0 aliphatic rings. The lowest BCUT2D eigenvalue weighted by Gasteiger charge is -1.98. The Balaban J connectivity index is 3.14. The van der Waals surface area contributed by atoms with Crippen LogP contribution < -0.4 is 0 Å². The van der Waals surface area contributed by atoms with Crippen molar-refractivity contribution in [1.82, 2.24) is 0 Å². The van der Waals surface area contributed by atoms with Crippen molar-refractivity contribution in [3.05, 3.63) is 39.4 Å². The molecule has 0 amide bonds. The zero-order valence-electron chi connectivity index (χ0n) is 6.79. The lowest BCUT2D eigenvalue weighted by Crippen LogP contribution is -1.93. The topological polar surface area (TPSA) is 66.0 Å². The molecule has 13 heavy (non-hydrogen) atoms. The van der Waals surface area contributed by atoms with Crippen LogP contribution in [-0.2, 0) is 12.5 Å². The fourth-order valence-electron chi connectivity index (χ4n) is 1.03. The van der Waals surface area contributed by atoms with E-state index in [0.29, 0.717) is 11.1 Å². The highest BCUT2D eigenvalue weighted by atomic mass is 35.5. The van der Waals surface area contributed by atoms with Gasteiger partial charge in [0.2, 0.25) is 0 Å². The minimum Gasteiger partial charge on any atom is -0.442 e.